The van der Waals surface area contributed by atoms with Crippen molar-refractivity contribution in [2.75, 3.05) is 0 Å². The zero-order chi connectivity index (χ0) is 8.27. The highest BCUT2D eigenvalue weighted by Gasteiger charge is 2.07. The molecule has 6 heteroatoms. The molecule has 0 aliphatic carbocycles. The number of nitrogens with one attached hydrogen (secondary N) is 1. The van der Waals surface area contributed by atoms with Gasteiger partial charge in [-0.05, 0) is 23.1 Å². The van der Waals surface area contributed by atoms with E-state index in [1.807, 2.05) is 0 Å². The zero-order valence-electron chi connectivity index (χ0n) is 5.77. The first-order valence-corrected chi connectivity index (χ1v) is 2.85. The van der Waals surface area contributed by atoms with Gasteiger partial charge in [0.1, 0.15) is 5.69 Å². The molecule has 0 fully saturated rings. The van der Waals surface area contributed by atoms with E-state index < -0.39 is 5.91 Å². The lowest BCUT2D eigenvalue weighted by Crippen LogP contribution is -1.95. The normalized spacial score (nSPS) is 8.82. The SMILES string of the molecule is Cc1cn[nH]c1C(=O)N=[N+]=[N-]. The van der Waals surface area contributed by atoms with E-state index in [2.05, 4.69) is 20.2 Å². The second kappa shape index (κ2) is 2.85. The molecule has 0 spiro atoms. The summed E-state index contributed by atoms with van der Waals surface area (Å²) in [6, 6.07) is 0. The fraction of sp³-hybridized carbons (Fsp3) is 0.200. The van der Waals surface area contributed by atoms with Crippen LogP contribution in [0.2, 0.25) is 0 Å². The molecule has 0 aromatic carbocycles. The Labute approximate surface area is 61.9 Å². The highest BCUT2D eigenvalue weighted by atomic mass is 16.1. The summed E-state index contributed by atoms with van der Waals surface area (Å²) in [6.07, 6.45) is 1.49. The molecular formula is C5H5N5O. The van der Waals surface area contributed by atoms with Gasteiger partial charge in [-0.25, -0.2) is 0 Å². The molecule has 0 bridgehead atoms. The van der Waals surface area contributed by atoms with Crippen molar-refractivity contribution in [2.24, 2.45) is 5.11 Å². The predicted molar refractivity (Wildman–Crippen MR) is 36.8 cm³/mol. The van der Waals surface area contributed by atoms with Gasteiger partial charge in [-0.3, -0.25) is 9.89 Å². The van der Waals surface area contributed by atoms with E-state index in [9.17, 15) is 4.79 Å². The highest BCUT2D eigenvalue weighted by Crippen LogP contribution is 2.03. The minimum atomic E-state index is -0.637. The lowest BCUT2D eigenvalue weighted by molar-refractivity contribution is 0.0995. The molecule has 0 atom stereocenters. The molecule has 1 heterocycles. The molecule has 0 unspecified atom stereocenters. The standard InChI is InChI=1S/C5H5N5O/c1-3-2-7-8-4(3)5(11)9-10-6/h2H,1H3,(H,7,8). The second-order valence-electron chi connectivity index (χ2n) is 1.92. The first-order valence-electron chi connectivity index (χ1n) is 2.85. The number of H-pyrrole nitrogens is 1. The van der Waals surface area contributed by atoms with Crippen LogP contribution in [0.1, 0.15) is 16.1 Å². The molecule has 0 aliphatic rings. The summed E-state index contributed by atoms with van der Waals surface area (Å²) >= 11 is 0. The number of aromatic amines is 1. The van der Waals surface area contributed by atoms with Crippen molar-refractivity contribution in [2.45, 2.75) is 6.92 Å². The molecule has 0 saturated carbocycles. The first-order chi connectivity index (χ1) is 5.25. The third-order valence-electron chi connectivity index (χ3n) is 1.18. The van der Waals surface area contributed by atoms with Crippen molar-refractivity contribution in [1.82, 2.24) is 10.2 Å². The number of amides is 1. The molecule has 6 nitrogen and oxygen atoms in total. The largest absolute Gasteiger partial charge is 0.285 e. The maximum atomic E-state index is 10.8. The van der Waals surface area contributed by atoms with Crippen molar-refractivity contribution >= 4 is 5.91 Å². The maximum Gasteiger partial charge on any atom is 0.267 e. The van der Waals surface area contributed by atoms with Gasteiger partial charge in [0, 0.05) is 4.91 Å². The summed E-state index contributed by atoms with van der Waals surface area (Å²) < 4.78 is 0. The van der Waals surface area contributed by atoms with E-state index in [1.54, 1.807) is 6.92 Å². The van der Waals surface area contributed by atoms with E-state index in [0.717, 1.165) is 0 Å². The number of aryl methyl sites for hydroxylation is 1. The summed E-state index contributed by atoms with van der Waals surface area (Å²) in [7, 11) is 0. The van der Waals surface area contributed by atoms with Crippen LogP contribution in [0, 0.1) is 6.92 Å². The Morgan fingerprint density at radius 1 is 1.91 bits per heavy atom. The minimum absolute atomic E-state index is 0.239. The second-order valence-corrected chi connectivity index (χ2v) is 1.92. The van der Waals surface area contributed by atoms with Crippen molar-refractivity contribution in [1.29, 1.82) is 0 Å². The Morgan fingerprint density at radius 2 is 2.64 bits per heavy atom. The van der Waals surface area contributed by atoms with Crippen LogP contribution in [0.15, 0.2) is 11.3 Å². The van der Waals surface area contributed by atoms with Gasteiger partial charge in [0.15, 0.2) is 0 Å². The van der Waals surface area contributed by atoms with Crippen molar-refractivity contribution in [3.8, 4) is 0 Å². The van der Waals surface area contributed by atoms with Gasteiger partial charge in [-0.2, -0.15) is 5.10 Å². The number of aromatic nitrogens is 2. The van der Waals surface area contributed by atoms with E-state index >= 15 is 0 Å². The number of carbonyl (C=O) groups excluding carboxylic acids is 1. The quantitative estimate of drug-likeness (QED) is 0.370. The van der Waals surface area contributed by atoms with E-state index in [1.165, 1.54) is 6.20 Å². The number of carbonyl (C=O) groups is 1. The topological polar surface area (TPSA) is 94.5 Å². The van der Waals surface area contributed by atoms with Crippen LogP contribution in [0.3, 0.4) is 0 Å². The Kier molecular flexibility index (Phi) is 1.89. The first kappa shape index (κ1) is 7.30. The predicted octanol–water partition coefficient (Wildman–Crippen LogP) is 1.17. The number of azide groups is 1. The average Bonchev–Trinajstić information content (AvgIpc) is 2.36. The summed E-state index contributed by atoms with van der Waals surface area (Å²) in [5, 5.41) is 8.92. The summed E-state index contributed by atoms with van der Waals surface area (Å²) in [5.74, 6) is -0.637. The van der Waals surface area contributed by atoms with Gasteiger partial charge < -0.3 is 0 Å². The Hall–Kier alpha value is -1.81. The molecule has 1 aromatic heterocycles. The van der Waals surface area contributed by atoms with Crippen LogP contribution >= 0.6 is 0 Å². The number of hydrogen-bond donors (Lipinski definition) is 1. The lowest BCUT2D eigenvalue weighted by atomic mass is 10.3. The van der Waals surface area contributed by atoms with Gasteiger partial charge in [0.05, 0.1) is 6.20 Å². The lowest BCUT2D eigenvalue weighted by Gasteiger charge is -1.87. The van der Waals surface area contributed by atoms with Crippen LogP contribution < -0.4 is 0 Å². The molecule has 1 N–H and O–H groups in total. The fourth-order valence-electron chi connectivity index (χ4n) is 0.653. The molecule has 0 aliphatic heterocycles. The third kappa shape index (κ3) is 1.36. The van der Waals surface area contributed by atoms with Gasteiger partial charge in [-0.1, -0.05) is 0 Å². The van der Waals surface area contributed by atoms with Crippen molar-refractivity contribution < 1.29 is 4.79 Å². The van der Waals surface area contributed by atoms with Crippen LogP contribution in [0.4, 0.5) is 0 Å². The summed E-state index contributed by atoms with van der Waals surface area (Å²) in [6.45, 7) is 1.70. The summed E-state index contributed by atoms with van der Waals surface area (Å²) in [4.78, 5) is 13.2. The minimum Gasteiger partial charge on any atom is -0.285 e. The third-order valence-corrected chi connectivity index (χ3v) is 1.18. The average molecular weight is 151 g/mol. The molecular weight excluding hydrogens is 146 g/mol. The van der Waals surface area contributed by atoms with E-state index in [0.29, 0.717) is 5.56 Å². The molecule has 0 saturated heterocycles. The molecule has 0 radical (unpaired) electrons. The highest BCUT2D eigenvalue weighted by molar-refractivity contribution is 5.94. The smallest absolute Gasteiger partial charge is 0.267 e. The Balaban J connectivity index is 3.02. The van der Waals surface area contributed by atoms with Crippen LogP contribution in [0.5, 0.6) is 0 Å². The molecule has 11 heavy (non-hydrogen) atoms. The summed E-state index contributed by atoms with van der Waals surface area (Å²) in [5.41, 5.74) is 8.84. The number of nitrogens with zero attached hydrogens (tertiary/aromatic N) is 4. The fourth-order valence-corrected chi connectivity index (χ4v) is 0.653. The Bertz CT molecular complexity index is 321. The monoisotopic (exact) mass is 151 g/mol. The van der Waals surface area contributed by atoms with Crippen molar-refractivity contribution in [3.63, 3.8) is 0 Å². The molecule has 1 amide bonds. The Morgan fingerprint density at radius 3 is 3.09 bits per heavy atom. The number of hydrogen-bond acceptors (Lipinski definition) is 2. The molecule has 56 valence electrons. The van der Waals surface area contributed by atoms with Crippen LogP contribution in [-0.4, -0.2) is 16.1 Å². The molecule has 1 aromatic rings. The molecule has 1 rings (SSSR count). The van der Waals surface area contributed by atoms with Gasteiger partial charge in [-0.15, -0.1) is 0 Å². The maximum absolute atomic E-state index is 10.8. The zero-order valence-corrected chi connectivity index (χ0v) is 5.77. The van der Waals surface area contributed by atoms with Gasteiger partial charge in [0.2, 0.25) is 0 Å². The van der Waals surface area contributed by atoms with E-state index in [4.69, 9.17) is 5.53 Å². The number of rotatable bonds is 1. The van der Waals surface area contributed by atoms with Crippen LogP contribution in [-0.2, 0) is 0 Å². The van der Waals surface area contributed by atoms with Gasteiger partial charge in [0.25, 0.3) is 5.91 Å². The van der Waals surface area contributed by atoms with Crippen LogP contribution in [0.25, 0.3) is 10.4 Å². The van der Waals surface area contributed by atoms with Crippen molar-refractivity contribution in [3.05, 3.63) is 27.9 Å². The van der Waals surface area contributed by atoms with E-state index in [-0.39, 0.29) is 5.69 Å². The van der Waals surface area contributed by atoms with Gasteiger partial charge >= 0.3 is 0 Å².